The highest BCUT2D eigenvalue weighted by molar-refractivity contribution is 4.76. The van der Waals surface area contributed by atoms with E-state index in [2.05, 4.69) is 4.90 Å². The molecule has 0 rings (SSSR count). The third kappa shape index (κ3) is 6.95. The molecule has 0 aliphatic carbocycles. The first-order valence-corrected chi connectivity index (χ1v) is 4.94. The molecule has 0 saturated heterocycles. The lowest BCUT2D eigenvalue weighted by Gasteiger charge is -2.21. The van der Waals surface area contributed by atoms with Crippen molar-refractivity contribution in [2.24, 2.45) is 17.2 Å². The standard InChI is InChI=1S/C9H24N4/c1-13(2)7-5-9(12)8(11)4-3-6-10/h8-9H,3-7,10-12H2,1-2H3. The second-order valence-corrected chi connectivity index (χ2v) is 3.85. The van der Waals surface area contributed by atoms with Gasteiger partial charge in [0.05, 0.1) is 0 Å². The van der Waals surface area contributed by atoms with Gasteiger partial charge in [-0.15, -0.1) is 0 Å². The summed E-state index contributed by atoms with van der Waals surface area (Å²) in [6, 6.07) is 0.206. The Bertz CT molecular complexity index is 116. The van der Waals surface area contributed by atoms with Gasteiger partial charge in [0, 0.05) is 12.1 Å². The molecule has 13 heavy (non-hydrogen) atoms. The molecule has 0 heterocycles. The summed E-state index contributed by atoms with van der Waals surface area (Å²) in [6.07, 6.45) is 2.86. The van der Waals surface area contributed by atoms with Gasteiger partial charge in [0.25, 0.3) is 0 Å². The maximum absolute atomic E-state index is 5.91. The second kappa shape index (κ2) is 7.26. The van der Waals surface area contributed by atoms with Crippen LogP contribution in [0.4, 0.5) is 0 Å². The second-order valence-electron chi connectivity index (χ2n) is 3.85. The maximum atomic E-state index is 5.91. The maximum Gasteiger partial charge on any atom is 0.0204 e. The predicted molar refractivity (Wildman–Crippen MR) is 57.4 cm³/mol. The van der Waals surface area contributed by atoms with Crippen LogP contribution in [-0.2, 0) is 0 Å². The van der Waals surface area contributed by atoms with E-state index in [4.69, 9.17) is 17.2 Å². The van der Waals surface area contributed by atoms with E-state index < -0.39 is 0 Å². The van der Waals surface area contributed by atoms with Crippen molar-refractivity contribution in [1.82, 2.24) is 4.90 Å². The molecule has 4 nitrogen and oxygen atoms in total. The Hall–Kier alpha value is -0.160. The molecule has 6 N–H and O–H groups in total. The first-order chi connectivity index (χ1) is 6.07. The van der Waals surface area contributed by atoms with Crippen molar-refractivity contribution in [3.05, 3.63) is 0 Å². The van der Waals surface area contributed by atoms with E-state index >= 15 is 0 Å². The minimum atomic E-state index is 0.100. The lowest BCUT2D eigenvalue weighted by molar-refractivity contribution is 0.356. The summed E-state index contributed by atoms with van der Waals surface area (Å²) in [5.41, 5.74) is 17.2. The van der Waals surface area contributed by atoms with E-state index in [1.807, 2.05) is 14.1 Å². The van der Waals surface area contributed by atoms with Crippen LogP contribution in [0, 0.1) is 0 Å². The van der Waals surface area contributed by atoms with Gasteiger partial charge in [-0.1, -0.05) is 0 Å². The highest BCUT2D eigenvalue weighted by Crippen LogP contribution is 2.01. The van der Waals surface area contributed by atoms with Gasteiger partial charge >= 0.3 is 0 Å². The molecule has 0 amide bonds. The SMILES string of the molecule is CN(C)CCC(N)C(N)CCCN. The molecule has 80 valence electrons. The van der Waals surface area contributed by atoms with E-state index in [1.54, 1.807) is 0 Å². The van der Waals surface area contributed by atoms with Crippen molar-refractivity contribution in [2.45, 2.75) is 31.3 Å². The van der Waals surface area contributed by atoms with E-state index in [1.165, 1.54) is 0 Å². The van der Waals surface area contributed by atoms with E-state index in [0.717, 1.165) is 25.8 Å². The van der Waals surface area contributed by atoms with Crippen LogP contribution in [0.15, 0.2) is 0 Å². The molecular weight excluding hydrogens is 164 g/mol. The Morgan fingerprint density at radius 1 is 1.08 bits per heavy atom. The number of hydrogen-bond donors (Lipinski definition) is 3. The highest BCUT2D eigenvalue weighted by atomic mass is 15.1. The lowest BCUT2D eigenvalue weighted by Crippen LogP contribution is -2.43. The quantitative estimate of drug-likeness (QED) is 0.495. The summed E-state index contributed by atoms with van der Waals surface area (Å²) in [7, 11) is 4.08. The van der Waals surface area contributed by atoms with Gasteiger partial charge in [0.15, 0.2) is 0 Å². The lowest BCUT2D eigenvalue weighted by atomic mass is 10.0. The van der Waals surface area contributed by atoms with E-state index in [9.17, 15) is 0 Å². The molecule has 2 unspecified atom stereocenters. The normalized spacial score (nSPS) is 16.2. The summed E-state index contributed by atoms with van der Waals surface area (Å²) in [4.78, 5) is 2.12. The molecule has 0 saturated carbocycles. The van der Waals surface area contributed by atoms with Crippen molar-refractivity contribution in [3.8, 4) is 0 Å². The average Bonchev–Trinajstić information content (AvgIpc) is 2.10. The molecule has 0 bridgehead atoms. The zero-order chi connectivity index (χ0) is 10.3. The van der Waals surface area contributed by atoms with Crippen LogP contribution in [0.1, 0.15) is 19.3 Å². The van der Waals surface area contributed by atoms with Gasteiger partial charge in [0.2, 0.25) is 0 Å². The van der Waals surface area contributed by atoms with Gasteiger partial charge in [-0.2, -0.15) is 0 Å². The Labute approximate surface area is 81.4 Å². The molecule has 0 aromatic heterocycles. The molecule has 0 fully saturated rings. The summed E-state index contributed by atoms with van der Waals surface area (Å²) in [6.45, 7) is 1.70. The third-order valence-corrected chi connectivity index (χ3v) is 2.20. The summed E-state index contributed by atoms with van der Waals surface area (Å²) >= 11 is 0. The first kappa shape index (κ1) is 12.8. The van der Waals surface area contributed by atoms with Gasteiger partial charge in [-0.25, -0.2) is 0 Å². The molecule has 0 aliphatic rings. The van der Waals surface area contributed by atoms with Crippen LogP contribution in [0.25, 0.3) is 0 Å². The molecule has 2 atom stereocenters. The zero-order valence-corrected chi connectivity index (χ0v) is 8.87. The molecule has 0 aromatic rings. The smallest absolute Gasteiger partial charge is 0.0204 e. The summed E-state index contributed by atoms with van der Waals surface area (Å²) in [5, 5.41) is 0. The van der Waals surface area contributed by atoms with Crippen LogP contribution < -0.4 is 17.2 Å². The third-order valence-electron chi connectivity index (χ3n) is 2.20. The van der Waals surface area contributed by atoms with Gasteiger partial charge in [0.1, 0.15) is 0 Å². The van der Waals surface area contributed by atoms with Crippen LogP contribution in [0.3, 0.4) is 0 Å². The number of nitrogens with zero attached hydrogens (tertiary/aromatic N) is 1. The van der Waals surface area contributed by atoms with Crippen LogP contribution in [-0.4, -0.2) is 44.2 Å². The molecule has 0 aromatic carbocycles. The topological polar surface area (TPSA) is 81.3 Å². The number of hydrogen-bond acceptors (Lipinski definition) is 4. The zero-order valence-electron chi connectivity index (χ0n) is 8.87. The monoisotopic (exact) mass is 188 g/mol. The van der Waals surface area contributed by atoms with Crippen LogP contribution in [0.5, 0.6) is 0 Å². The predicted octanol–water partition coefficient (Wildman–Crippen LogP) is -0.668. The number of rotatable bonds is 7. The van der Waals surface area contributed by atoms with E-state index in [-0.39, 0.29) is 12.1 Å². The van der Waals surface area contributed by atoms with E-state index in [0.29, 0.717) is 6.54 Å². The van der Waals surface area contributed by atoms with Gasteiger partial charge in [-0.05, 0) is 46.4 Å². The van der Waals surface area contributed by atoms with Crippen LogP contribution >= 0.6 is 0 Å². The fraction of sp³-hybridized carbons (Fsp3) is 1.00. The summed E-state index contributed by atoms with van der Waals surface area (Å²) < 4.78 is 0. The Balaban J connectivity index is 3.50. The van der Waals surface area contributed by atoms with Crippen molar-refractivity contribution < 1.29 is 0 Å². The fourth-order valence-corrected chi connectivity index (χ4v) is 1.19. The largest absolute Gasteiger partial charge is 0.330 e. The van der Waals surface area contributed by atoms with Crippen molar-refractivity contribution in [1.29, 1.82) is 0 Å². The Morgan fingerprint density at radius 2 is 1.62 bits per heavy atom. The summed E-state index contributed by atoms with van der Waals surface area (Å²) in [5.74, 6) is 0. The van der Waals surface area contributed by atoms with Crippen molar-refractivity contribution in [2.75, 3.05) is 27.2 Å². The van der Waals surface area contributed by atoms with Crippen molar-refractivity contribution >= 4 is 0 Å². The molecule has 0 aliphatic heterocycles. The highest BCUT2D eigenvalue weighted by Gasteiger charge is 2.12. The molecule has 4 heteroatoms. The molecule has 0 spiro atoms. The average molecular weight is 188 g/mol. The van der Waals surface area contributed by atoms with Gasteiger partial charge < -0.3 is 22.1 Å². The minimum Gasteiger partial charge on any atom is -0.330 e. The van der Waals surface area contributed by atoms with Crippen LogP contribution in [0.2, 0.25) is 0 Å². The number of nitrogens with two attached hydrogens (primary N) is 3. The van der Waals surface area contributed by atoms with Gasteiger partial charge in [-0.3, -0.25) is 0 Å². The first-order valence-electron chi connectivity index (χ1n) is 4.94. The molecule has 0 radical (unpaired) electrons. The molecular formula is C9H24N4. The Kier molecular flexibility index (Phi) is 7.17. The minimum absolute atomic E-state index is 0.100. The van der Waals surface area contributed by atoms with Crippen molar-refractivity contribution in [3.63, 3.8) is 0 Å². The Morgan fingerprint density at radius 3 is 2.08 bits per heavy atom. The fourth-order valence-electron chi connectivity index (χ4n) is 1.19.